The highest BCUT2D eigenvalue weighted by molar-refractivity contribution is 9.10. The average Bonchev–Trinajstić information content (AvgIpc) is 2.70. The minimum atomic E-state index is -0.349. The molecule has 3 aromatic carbocycles. The van der Waals surface area contributed by atoms with E-state index in [4.69, 9.17) is 9.47 Å². The largest absolute Gasteiger partial charge is 0.493 e. The number of hydrogen-bond acceptors (Lipinski definition) is 4. The van der Waals surface area contributed by atoms with Gasteiger partial charge in [0.2, 0.25) is 0 Å². The molecule has 0 atom stereocenters. The molecule has 0 saturated heterocycles. The molecule has 0 saturated carbocycles. The zero-order valence-electron chi connectivity index (χ0n) is 15.2. The fourth-order valence-electron chi connectivity index (χ4n) is 2.90. The number of halogens is 1. The van der Waals surface area contributed by atoms with E-state index in [2.05, 4.69) is 39.4 Å². The first-order chi connectivity index (χ1) is 13.2. The number of esters is 1. The van der Waals surface area contributed by atoms with Crippen molar-refractivity contribution in [3.05, 3.63) is 70.7 Å². The van der Waals surface area contributed by atoms with Crippen molar-refractivity contribution in [3.63, 3.8) is 0 Å². The number of fused-ring (bicyclic) bond motifs is 1. The molecule has 0 aliphatic heterocycles. The molecule has 0 amide bonds. The van der Waals surface area contributed by atoms with E-state index in [1.165, 1.54) is 12.5 Å². The van der Waals surface area contributed by atoms with Gasteiger partial charge >= 0.3 is 5.97 Å². The Labute approximate surface area is 167 Å². The molecule has 27 heavy (non-hydrogen) atoms. The van der Waals surface area contributed by atoms with Gasteiger partial charge in [-0.15, -0.1) is 0 Å². The van der Waals surface area contributed by atoms with Crippen molar-refractivity contribution >= 4 is 38.4 Å². The molecule has 3 rings (SSSR count). The topological polar surface area (TPSA) is 47.6 Å². The summed E-state index contributed by atoms with van der Waals surface area (Å²) in [5.41, 5.74) is 1.30. The molecular weight excluding hydrogens is 406 g/mol. The molecule has 0 heterocycles. The zero-order valence-corrected chi connectivity index (χ0v) is 16.8. The van der Waals surface area contributed by atoms with Gasteiger partial charge in [0.25, 0.3) is 0 Å². The van der Waals surface area contributed by atoms with Gasteiger partial charge in [-0.2, -0.15) is 0 Å². The van der Waals surface area contributed by atoms with Crippen molar-refractivity contribution in [2.45, 2.75) is 12.8 Å². The first kappa shape index (κ1) is 19.2. The summed E-state index contributed by atoms with van der Waals surface area (Å²) in [6.07, 6.45) is 1.85. The van der Waals surface area contributed by atoms with Crippen LogP contribution in [0.25, 0.3) is 10.8 Å². The third-order valence-electron chi connectivity index (χ3n) is 4.28. The van der Waals surface area contributed by atoms with E-state index in [1.54, 1.807) is 6.07 Å². The van der Waals surface area contributed by atoms with Gasteiger partial charge < -0.3 is 14.8 Å². The molecule has 0 aliphatic rings. The number of hydrogen-bond donors (Lipinski definition) is 1. The van der Waals surface area contributed by atoms with Gasteiger partial charge in [-0.05, 0) is 42.5 Å². The van der Waals surface area contributed by atoms with Crippen molar-refractivity contribution in [3.8, 4) is 5.75 Å². The van der Waals surface area contributed by atoms with E-state index < -0.39 is 0 Å². The van der Waals surface area contributed by atoms with Crippen LogP contribution in [0.3, 0.4) is 0 Å². The summed E-state index contributed by atoms with van der Waals surface area (Å²) >= 11 is 3.38. The van der Waals surface area contributed by atoms with Crippen LogP contribution in [0.5, 0.6) is 5.75 Å². The number of benzene rings is 3. The number of unbranched alkanes of at least 4 members (excludes halogenated alkanes) is 1. The molecule has 0 unspecified atom stereocenters. The third kappa shape index (κ3) is 5.01. The van der Waals surface area contributed by atoms with Crippen LogP contribution in [0.15, 0.2) is 65.1 Å². The highest BCUT2D eigenvalue weighted by Gasteiger charge is 2.12. The monoisotopic (exact) mass is 427 g/mol. The number of rotatable bonds is 8. The minimum absolute atomic E-state index is 0.349. The summed E-state index contributed by atoms with van der Waals surface area (Å²) in [4.78, 5) is 11.9. The summed E-state index contributed by atoms with van der Waals surface area (Å²) in [7, 11) is 1.39. The summed E-state index contributed by atoms with van der Waals surface area (Å²) in [5, 5.41) is 5.62. The summed E-state index contributed by atoms with van der Waals surface area (Å²) in [6, 6.07) is 19.9. The molecule has 5 heteroatoms. The lowest BCUT2D eigenvalue weighted by atomic mass is 10.1. The van der Waals surface area contributed by atoms with E-state index in [9.17, 15) is 4.79 Å². The van der Waals surface area contributed by atoms with Crippen LogP contribution in [0.1, 0.15) is 23.2 Å². The van der Waals surface area contributed by atoms with Crippen LogP contribution in [0.2, 0.25) is 0 Å². The maximum Gasteiger partial charge on any atom is 0.340 e. The second-order valence-electron chi connectivity index (χ2n) is 6.14. The Morgan fingerprint density at radius 1 is 1.04 bits per heavy atom. The van der Waals surface area contributed by atoms with Gasteiger partial charge in [0.1, 0.15) is 5.75 Å². The quantitative estimate of drug-likeness (QED) is 0.372. The number of anilines is 1. The predicted octanol–water partition coefficient (Wildman–Crippen LogP) is 5.66. The normalized spacial score (nSPS) is 10.6. The molecule has 140 valence electrons. The van der Waals surface area contributed by atoms with Gasteiger partial charge in [-0.1, -0.05) is 52.3 Å². The zero-order chi connectivity index (χ0) is 19.1. The smallest absolute Gasteiger partial charge is 0.340 e. The van der Waals surface area contributed by atoms with Crippen molar-refractivity contribution in [2.75, 3.05) is 25.6 Å². The molecule has 4 nitrogen and oxygen atoms in total. The lowest BCUT2D eigenvalue weighted by Gasteiger charge is -2.12. The van der Waals surface area contributed by atoms with Crippen LogP contribution < -0.4 is 10.1 Å². The standard InChI is InChI=1S/C22H22BrNO3/c1-26-22(25)19-15-17(23)11-12-20(19)24-13-4-5-14-27-21-10-6-8-16-7-2-3-9-18(16)21/h2-3,6-12,15,24H,4-5,13-14H2,1H3. The van der Waals surface area contributed by atoms with Crippen molar-refractivity contribution in [1.82, 2.24) is 0 Å². The van der Waals surface area contributed by atoms with Crippen molar-refractivity contribution in [1.29, 1.82) is 0 Å². The number of carbonyl (C=O) groups excluding carboxylic acids is 1. The van der Waals surface area contributed by atoms with Crippen LogP contribution >= 0.6 is 15.9 Å². The summed E-state index contributed by atoms with van der Waals surface area (Å²) in [5.74, 6) is 0.569. The Morgan fingerprint density at radius 2 is 1.85 bits per heavy atom. The molecular formula is C22H22BrNO3. The number of carbonyl (C=O) groups is 1. The highest BCUT2D eigenvalue weighted by Crippen LogP contribution is 2.25. The Bertz CT molecular complexity index is 921. The van der Waals surface area contributed by atoms with Crippen LogP contribution in [-0.2, 0) is 4.74 Å². The number of ether oxygens (including phenoxy) is 2. The van der Waals surface area contributed by atoms with Crippen LogP contribution in [0.4, 0.5) is 5.69 Å². The Morgan fingerprint density at radius 3 is 2.70 bits per heavy atom. The molecule has 0 aromatic heterocycles. The molecule has 0 bridgehead atoms. The maximum absolute atomic E-state index is 11.9. The number of nitrogens with one attached hydrogen (secondary N) is 1. The van der Waals surface area contributed by atoms with E-state index in [0.29, 0.717) is 12.2 Å². The predicted molar refractivity (Wildman–Crippen MR) is 113 cm³/mol. The van der Waals surface area contributed by atoms with E-state index in [-0.39, 0.29) is 5.97 Å². The van der Waals surface area contributed by atoms with Gasteiger partial charge in [0.15, 0.2) is 0 Å². The van der Waals surface area contributed by atoms with Gasteiger partial charge in [0, 0.05) is 22.1 Å². The Hall–Kier alpha value is -2.53. The Balaban J connectivity index is 1.48. The second-order valence-corrected chi connectivity index (χ2v) is 7.06. The molecule has 0 radical (unpaired) electrons. The molecule has 3 aromatic rings. The van der Waals surface area contributed by atoms with Crippen LogP contribution in [-0.4, -0.2) is 26.2 Å². The highest BCUT2D eigenvalue weighted by atomic mass is 79.9. The fraction of sp³-hybridized carbons (Fsp3) is 0.227. The van der Waals surface area contributed by atoms with E-state index in [0.717, 1.165) is 40.7 Å². The van der Waals surface area contributed by atoms with E-state index in [1.807, 2.05) is 36.4 Å². The van der Waals surface area contributed by atoms with E-state index >= 15 is 0 Å². The number of methoxy groups -OCH3 is 1. The third-order valence-corrected chi connectivity index (χ3v) is 4.77. The molecule has 0 spiro atoms. The SMILES string of the molecule is COC(=O)c1cc(Br)ccc1NCCCCOc1cccc2ccccc12. The van der Waals surface area contributed by atoms with Gasteiger partial charge in [-0.3, -0.25) is 0 Å². The molecule has 0 aliphatic carbocycles. The first-order valence-electron chi connectivity index (χ1n) is 8.91. The van der Waals surface area contributed by atoms with Crippen LogP contribution in [0, 0.1) is 0 Å². The first-order valence-corrected chi connectivity index (χ1v) is 9.70. The molecule has 0 fully saturated rings. The van der Waals surface area contributed by atoms with Gasteiger partial charge in [-0.25, -0.2) is 4.79 Å². The summed E-state index contributed by atoms with van der Waals surface area (Å²) in [6.45, 7) is 1.41. The lowest BCUT2D eigenvalue weighted by Crippen LogP contribution is -2.10. The van der Waals surface area contributed by atoms with Crippen molar-refractivity contribution in [2.24, 2.45) is 0 Å². The average molecular weight is 428 g/mol. The second kappa shape index (κ2) is 9.42. The van der Waals surface area contributed by atoms with Gasteiger partial charge in [0.05, 0.1) is 19.3 Å². The lowest BCUT2D eigenvalue weighted by molar-refractivity contribution is 0.0601. The minimum Gasteiger partial charge on any atom is -0.493 e. The molecule has 1 N–H and O–H groups in total. The summed E-state index contributed by atoms with van der Waals surface area (Å²) < 4.78 is 11.6. The maximum atomic E-state index is 11.9. The Kier molecular flexibility index (Phi) is 6.71. The fourth-order valence-corrected chi connectivity index (χ4v) is 3.26. The van der Waals surface area contributed by atoms with Crippen molar-refractivity contribution < 1.29 is 14.3 Å².